The Hall–Kier alpha value is -0.830. The lowest BCUT2D eigenvalue weighted by molar-refractivity contribution is -0.143. The van der Waals surface area contributed by atoms with Gasteiger partial charge in [-0.3, -0.25) is 4.79 Å². The number of hydrogen-bond acceptors (Lipinski definition) is 2. The third-order valence-electron chi connectivity index (χ3n) is 3.56. The van der Waals surface area contributed by atoms with Gasteiger partial charge in [-0.1, -0.05) is 40.9 Å². The van der Waals surface area contributed by atoms with Gasteiger partial charge in [0.15, 0.2) is 0 Å². The minimum atomic E-state index is -0.0979. The lowest BCUT2D eigenvalue weighted by Gasteiger charge is -2.21. The van der Waals surface area contributed by atoms with Gasteiger partial charge in [-0.2, -0.15) is 0 Å². The molecule has 92 valence electrons. The standard InChI is InChI=1S/C14H17BrO2/c1-17-14(16)13(10-4-2-3-5-10)11-6-8-12(15)9-7-11/h6-10,13H,2-5H2,1H3. The summed E-state index contributed by atoms with van der Waals surface area (Å²) in [6, 6.07) is 8.01. The third kappa shape index (κ3) is 2.89. The van der Waals surface area contributed by atoms with Crippen LogP contribution < -0.4 is 0 Å². The molecule has 17 heavy (non-hydrogen) atoms. The van der Waals surface area contributed by atoms with Gasteiger partial charge in [0.1, 0.15) is 0 Å². The number of carbonyl (C=O) groups excluding carboxylic acids is 1. The van der Waals surface area contributed by atoms with E-state index in [1.54, 1.807) is 0 Å². The number of hydrogen-bond donors (Lipinski definition) is 0. The molecule has 3 heteroatoms. The Kier molecular flexibility index (Phi) is 4.21. The molecule has 1 fully saturated rings. The molecule has 1 aliphatic carbocycles. The van der Waals surface area contributed by atoms with Crippen LogP contribution in [0, 0.1) is 5.92 Å². The van der Waals surface area contributed by atoms with Crippen molar-refractivity contribution in [3.63, 3.8) is 0 Å². The van der Waals surface area contributed by atoms with Crippen molar-refractivity contribution in [2.45, 2.75) is 31.6 Å². The van der Waals surface area contributed by atoms with E-state index < -0.39 is 0 Å². The first-order chi connectivity index (χ1) is 8.22. The van der Waals surface area contributed by atoms with Crippen molar-refractivity contribution in [3.05, 3.63) is 34.3 Å². The number of carbonyl (C=O) groups is 1. The smallest absolute Gasteiger partial charge is 0.313 e. The van der Waals surface area contributed by atoms with Crippen LogP contribution in [0.3, 0.4) is 0 Å². The second-order valence-corrected chi connectivity index (χ2v) is 5.51. The molecule has 0 bridgehead atoms. The van der Waals surface area contributed by atoms with Gasteiger partial charge in [0, 0.05) is 4.47 Å². The highest BCUT2D eigenvalue weighted by Gasteiger charge is 2.32. The highest BCUT2D eigenvalue weighted by molar-refractivity contribution is 9.10. The summed E-state index contributed by atoms with van der Waals surface area (Å²) >= 11 is 3.42. The van der Waals surface area contributed by atoms with E-state index in [0.717, 1.165) is 22.9 Å². The molecule has 1 aromatic carbocycles. The summed E-state index contributed by atoms with van der Waals surface area (Å²) < 4.78 is 6.00. The predicted octanol–water partition coefficient (Wildman–Crippen LogP) is 3.90. The second-order valence-electron chi connectivity index (χ2n) is 4.60. The summed E-state index contributed by atoms with van der Waals surface area (Å²) in [6.45, 7) is 0. The SMILES string of the molecule is COC(=O)C(c1ccc(Br)cc1)C1CCCC1. The van der Waals surface area contributed by atoms with Crippen LogP contribution >= 0.6 is 15.9 Å². The zero-order valence-corrected chi connectivity index (χ0v) is 11.6. The first kappa shape index (κ1) is 12.6. The van der Waals surface area contributed by atoms with Crippen molar-refractivity contribution in [3.8, 4) is 0 Å². The molecule has 2 nitrogen and oxygen atoms in total. The highest BCUT2D eigenvalue weighted by Crippen LogP contribution is 2.38. The van der Waals surface area contributed by atoms with Gasteiger partial charge in [-0.25, -0.2) is 0 Å². The number of esters is 1. The zero-order chi connectivity index (χ0) is 12.3. The van der Waals surface area contributed by atoms with Crippen LogP contribution in [-0.2, 0) is 9.53 Å². The van der Waals surface area contributed by atoms with Crippen LogP contribution in [0.5, 0.6) is 0 Å². The van der Waals surface area contributed by atoms with Gasteiger partial charge in [0.25, 0.3) is 0 Å². The number of rotatable bonds is 3. The molecular formula is C14H17BrO2. The van der Waals surface area contributed by atoms with Gasteiger partial charge >= 0.3 is 5.97 Å². The van der Waals surface area contributed by atoms with Gasteiger partial charge < -0.3 is 4.74 Å². The number of benzene rings is 1. The number of halogens is 1. The Morgan fingerprint density at radius 2 is 1.88 bits per heavy atom. The van der Waals surface area contributed by atoms with E-state index in [4.69, 9.17) is 4.74 Å². The fraction of sp³-hybridized carbons (Fsp3) is 0.500. The maximum Gasteiger partial charge on any atom is 0.313 e. The van der Waals surface area contributed by atoms with Crippen molar-refractivity contribution in [1.82, 2.24) is 0 Å². The number of methoxy groups -OCH3 is 1. The molecule has 0 radical (unpaired) electrons. The molecule has 1 unspecified atom stereocenters. The van der Waals surface area contributed by atoms with Crippen molar-refractivity contribution < 1.29 is 9.53 Å². The molecule has 0 spiro atoms. The summed E-state index contributed by atoms with van der Waals surface area (Å²) in [5.41, 5.74) is 1.08. The quantitative estimate of drug-likeness (QED) is 0.791. The van der Waals surface area contributed by atoms with Gasteiger partial charge in [0.2, 0.25) is 0 Å². The van der Waals surface area contributed by atoms with Crippen molar-refractivity contribution in [2.24, 2.45) is 5.92 Å². The average Bonchev–Trinajstić information content (AvgIpc) is 2.85. The summed E-state index contributed by atoms with van der Waals surface area (Å²) in [7, 11) is 1.48. The lowest BCUT2D eigenvalue weighted by Crippen LogP contribution is -2.21. The maximum absolute atomic E-state index is 12.0. The van der Waals surface area contributed by atoms with Gasteiger partial charge in [0.05, 0.1) is 13.0 Å². The molecule has 0 heterocycles. The van der Waals surface area contributed by atoms with E-state index in [1.807, 2.05) is 24.3 Å². The van der Waals surface area contributed by atoms with Gasteiger partial charge in [-0.15, -0.1) is 0 Å². The van der Waals surface area contributed by atoms with Gasteiger partial charge in [-0.05, 0) is 36.5 Å². The molecule has 1 aromatic rings. The van der Waals surface area contributed by atoms with Crippen LogP contribution in [0.4, 0.5) is 0 Å². The molecule has 0 N–H and O–H groups in total. The second kappa shape index (κ2) is 5.67. The van der Waals surface area contributed by atoms with E-state index in [9.17, 15) is 4.79 Å². The van der Waals surface area contributed by atoms with Crippen molar-refractivity contribution >= 4 is 21.9 Å². The normalized spacial score (nSPS) is 18.0. The minimum Gasteiger partial charge on any atom is -0.469 e. The molecule has 0 aliphatic heterocycles. The maximum atomic E-state index is 12.0. The molecule has 0 amide bonds. The van der Waals surface area contributed by atoms with E-state index in [0.29, 0.717) is 5.92 Å². The van der Waals surface area contributed by atoms with E-state index >= 15 is 0 Å². The topological polar surface area (TPSA) is 26.3 Å². The Labute approximate surface area is 110 Å². The van der Waals surface area contributed by atoms with Crippen molar-refractivity contribution in [2.75, 3.05) is 7.11 Å². The minimum absolute atomic E-state index is 0.0874. The van der Waals surface area contributed by atoms with Crippen LogP contribution in [0.15, 0.2) is 28.7 Å². The Morgan fingerprint density at radius 3 is 2.41 bits per heavy atom. The average molecular weight is 297 g/mol. The molecular weight excluding hydrogens is 280 g/mol. The number of ether oxygens (including phenoxy) is 1. The monoisotopic (exact) mass is 296 g/mol. The highest BCUT2D eigenvalue weighted by atomic mass is 79.9. The summed E-state index contributed by atoms with van der Waals surface area (Å²) in [6.07, 6.45) is 4.73. The third-order valence-corrected chi connectivity index (χ3v) is 4.08. The van der Waals surface area contributed by atoms with Crippen LogP contribution in [0.2, 0.25) is 0 Å². The lowest BCUT2D eigenvalue weighted by atomic mass is 9.85. The van der Waals surface area contributed by atoms with Crippen LogP contribution in [0.1, 0.15) is 37.2 Å². The van der Waals surface area contributed by atoms with Crippen molar-refractivity contribution in [1.29, 1.82) is 0 Å². The largest absolute Gasteiger partial charge is 0.469 e. The van der Waals surface area contributed by atoms with E-state index in [-0.39, 0.29) is 11.9 Å². The van der Waals surface area contributed by atoms with E-state index in [1.165, 1.54) is 20.0 Å². The first-order valence-electron chi connectivity index (χ1n) is 6.05. The van der Waals surface area contributed by atoms with Crippen LogP contribution in [0.25, 0.3) is 0 Å². The zero-order valence-electron chi connectivity index (χ0n) is 9.99. The fourth-order valence-corrected chi connectivity index (χ4v) is 2.95. The Balaban J connectivity index is 2.25. The molecule has 1 atom stereocenters. The molecule has 1 aliphatic rings. The van der Waals surface area contributed by atoms with Crippen LogP contribution in [-0.4, -0.2) is 13.1 Å². The summed E-state index contributed by atoms with van der Waals surface area (Å²) in [5.74, 6) is 0.262. The Morgan fingerprint density at radius 1 is 1.29 bits per heavy atom. The molecule has 2 rings (SSSR count). The fourth-order valence-electron chi connectivity index (χ4n) is 2.69. The summed E-state index contributed by atoms with van der Waals surface area (Å²) in [5, 5.41) is 0. The molecule has 0 saturated heterocycles. The Bertz CT molecular complexity index is 380. The first-order valence-corrected chi connectivity index (χ1v) is 6.85. The van der Waals surface area contributed by atoms with E-state index in [2.05, 4.69) is 15.9 Å². The summed E-state index contributed by atoms with van der Waals surface area (Å²) in [4.78, 5) is 12.0. The molecule has 0 aromatic heterocycles. The predicted molar refractivity (Wildman–Crippen MR) is 70.9 cm³/mol. The molecule has 1 saturated carbocycles.